The fourth-order valence-corrected chi connectivity index (χ4v) is 3.47. The van der Waals surface area contributed by atoms with E-state index in [1.807, 2.05) is 19.1 Å². The number of Topliss-reactive ketones (excluding diaryl/α,β-unsaturated/α-hetero) is 1. The lowest BCUT2D eigenvalue weighted by Gasteiger charge is -2.33. The maximum absolute atomic E-state index is 13.0. The summed E-state index contributed by atoms with van der Waals surface area (Å²) in [7, 11) is 0. The summed E-state index contributed by atoms with van der Waals surface area (Å²) in [6.45, 7) is 4.09. The van der Waals surface area contributed by atoms with Crippen LogP contribution in [0.5, 0.6) is 11.5 Å². The third-order valence-electron chi connectivity index (χ3n) is 5.06. The van der Waals surface area contributed by atoms with Crippen LogP contribution in [0.15, 0.2) is 48.5 Å². The monoisotopic (exact) mass is 401 g/mol. The number of halogens is 1. The number of rotatable bonds is 9. The van der Waals surface area contributed by atoms with Gasteiger partial charge in [-0.1, -0.05) is 19.1 Å². The molecule has 0 amide bonds. The van der Waals surface area contributed by atoms with E-state index in [-0.39, 0.29) is 24.3 Å². The number of piperidine rings is 1. The summed E-state index contributed by atoms with van der Waals surface area (Å²) in [6.07, 6.45) is 1.56. The van der Waals surface area contributed by atoms with Crippen molar-refractivity contribution in [1.82, 2.24) is 4.90 Å². The molecule has 0 bridgehead atoms. The molecule has 1 saturated heterocycles. The molecule has 1 fully saturated rings. The second-order valence-electron chi connectivity index (χ2n) is 7.31. The van der Waals surface area contributed by atoms with Crippen molar-refractivity contribution in [3.05, 3.63) is 59.9 Å². The molecule has 0 aliphatic carbocycles. The molecule has 2 aromatic rings. The Balaban J connectivity index is 1.41. The van der Waals surface area contributed by atoms with Gasteiger partial charge in [0.1, 0.15) is 36.1 Å². The normalized spacial score (nSPS) is 16.4. The SMILES string of the molecule is CCC(=O)c1ccccc1OCC(O)CN1CCC(Oc2ccc(F)cc2)CC1. The van der Waals surface area contributed by atoms with E-state index in [4.69, 9.17) is 9.47 Å². The Bertz CT molecular complexity index is 788. The fourth-order valence-electron chi connectivity index (χ4n) is 3.47. The van der Waals surface area contributed by atoms with Gasteiger partial charge in [-0.2, -0.15) is 0 Å². The van der Waals surface area contributed by atoms with Gasteiger partial charge in [0.05, 0.1) is 5.56 Å². The summed E-state index contributed by atoms with van der Waals surface area (Å²) in [5, 5.41) is 10.4. The maximum Gasteiger partial charge on any atom is 0.166 e. The summed E-state index contributed by atoms with van der Waals surface area (Å²) >= 11 is 0. The first-order valence-electron chi connectivity index (χ1n) is 10.1. The van der Waals surface area contributed by atoms with Crippen molar-refractivity contribution in [2.24, 2.45) is 0 Å². The molecule has 6 heteroatoms. The van der Waals surface area contributed by atoms with Gasteiger partial charge in [-0.05, 0) is 49.2 Å². The van der Waals surface area contributed by atoms with Gasteiger partial charge in [-0.25, -0.2) is 4.39 Å². The van der Waals surface area contributed by atoms with Crippen LogP contribution in [0, 0.1) is 5.82 Å². The number of β-amino-alcohol motifs (C(OH)–C–C–N with tert-alkyl or cyclic N) is 1. The quantitative estimate of drug-likeness (QED) is 0.650. The average Bonchev–Trinajstić information content (AvgIpc) is 2.75. The number of carbonyl (C=O) groups is 1. The fraction of sp³-hybridized carbons (Fsp3) is 0.435. The molecule has 1 aliphatic rings. The molecule has 0 radical (unpaired) electrons. The Hall–Kier alpha value is -2.44. The molecule has 1 aliphatic heterocycles. The second kappa shape index (κ2) is 10.4. The van der Waals surface area contributed by atoms with Gasteiger partial charge in [0.25, 0.3) is 0 Å². The van der Waals surface area contributed by atoms with E-state index >= 15 is 0 Å². The number of hydrogen-bond donors (Lipinski definition) is 1. The number of likely N-dealkylation sites (tertiary alicyclic amines) is 1. The molecule has 1 N–H and O–H groups in total. The third kappa shape index (κ3) is 6.27. The zero-order chi connectivity index (χ0) is 20.6. The minimum absolute atomic E-state index is 0.0262. The van der Waals surface area contributed by atoms with Crippen molar-refractivity contribution in [3.63, 3.8) is 0 Å². The minimum atomic E-state index is -0.644. The largest absolute Gasteiger partial charge is 0.490 e. The molecule has 1 atom stereocenters. The summed E-state index contributed by atoms with van der Waals surface area (Å²) in [5.74, 6) is 0.951. The number of ether oxygens (including phenoxy) is 2. The lowest BCUT2D eigenvalue weighted by atomic mass is 10.1. The first kappa shape index (κ1) is 21.3. The van der Waals surface area contributed by atoms with Crippen molar-refractivity contribution in [2.75, 3.05) is 26.2 Å². The summed E-state index contributed by atoms with van der Waals surface area (Å²) in [4.78, 5) is 14.2. The Morgan fingerprint density at radius 1 is 1.17 bits per heavy atom. The van der Waals surface area contributed by atoms with E-state index in [0.29, 0.717) is 30.0 Å². The molecule has 29 heavy (non-hydrogen) atoms. The van der Waals surface area contributed by atoms with Gasteiger partial charge in [0, 0.05) is 26.1 Å². The predicted octanol–water partition coefficient (Wildman–Crippen LogP) is 3.70. The van der Waals surface area contributed by atoms with Gasteiger partial charge < -0.3 is 19.5 Å². The molecule has 0 aromatic heterocycles. The number of para-hydroxylation sites is 1. The average molecular weight is 401 g/mol. The van der Waals surface area contributed by atoms with Crippen LogP contribution in [-0.2, 0) is 0 Å². The Kier molecular flexibility index (Phi) is 7.61. The highest BCUT2D eigenvalue weighted by molar-refractivity contribution is 5.98. The molecular formula is C23H28FNO4. The minimum Gasteiger partial charge on any atom is -0.490 e. The van der Waals surface area contributed by atoms with Crippen molar-refractivity contribution in [3.8, 4) is 11.5 Å². The Labute approximate surface area is 171 Å². The molecular weight excluding hydrogens is 373 g/mol. The Morgan fingerprint density at radius 2 is 1.86 bits per heavy atom. The van der Waals surface area contributed by atoms with Crippen LogP contribution in [0.4, 0.5) is 4.39 Å². The molecule has 1 heterocycles. The van der Waals surface area contributed by atoms with Gasteiger partial charge in [-0.3, -0.25) is 4.79 Å². The number of carbonyl (C=O) groups excluding carboxylic acids is 1. The highest BCUT2D eigenvalue weighted by Crippen LogP contribution is 2.21. The maximum atomic E-state index is 13.0. The lowest BCUT2D eigenvalue weighted by Crippen LogP contribution is -2.43. The van der Waals surface area contributed by atoms with Crippen molar-refractivity contribution >= 4 is 5.78 Å². The third-order valence-corrected chi connectivity index (χ3v) is 5.06. The number of aliphatic hydroxyl groups excluding tert-OH is 1. The molecule has 5 nitrogen and oxygen atoms in total. The summed E-state index contributed by atoms with van der Waals surface area (Å²) < 4.78 is 24.6. The van der Waals surface area contributed by atoms with E-state index in [1.54, 1.807) is 24.3 Å². The predicted molar refractivity (Wildman–Crippen MR) is 109 cm³/mol. The van der Waals surface area contributed by atoms with Crippen LogP contribution in [0.2, 0.25) is 0 Å². The molecule has 0 saturated carbocycles. The van der Waals surface area contributed by atoms with E-state index in [2.05, 4.69) is 4.90 Å². The van der Waals surface area contributed by atoms with E-state index < -0.39 is 6.10 Å². The summed E-state index contributed by atoms with van der Waals surface area (Å²) in [6, 6.07) is 13.2. The number of nitrogens with zero attached hydrogens (tertiary/aromatic N) is 1. The lowest BCUT2D eigenvalue weighted by molar-refractivity contribution is 0.0399. The molecule has 156 valence electrons. The van der Waals surface area contributed by atoms with Crippen molar-refractivity contribution in [2.45, 2.75) is 38.4 Å². The zero-order valence-electron chi connectivity index (χ0n) is 16.7. The molecule has 3 rings (SSSR count). The van der Waals surface area contributed by atoms with E-state index in [0.717, 1.165) is 25.9 Å². The van der Waals surface area contributed by atoms with Crippen LogP contribution in [0.1, 0.15) is 36.5 Å². The second-order valence-corrected chi connectivity index (χ2v) is 7.31. The molecule has 2 aromatic carbocycles. The van der Waals surface area contributed by atoms with E-state index in [9.17, 15) is 14.3 Å². The number of hydrogen-bond acceptors (Lipinski definition) is 5. The first-order valence-corrected chi connectivity index (χ1v) is 10.1. The Morgan fingerprint density at radius 3 is 2.55 bits per heavy atom. The van der Waals surface area contributed by atoms with Crippen LogP contribution >= 0.6 is 0 Å². The van der Waals surface area contributed by atoms with Gasteiger partial charge in [0.2, 0.25) is 0 Å². The standard InChI is InChI=1S/C23H28FNO4/c1-2-22(27)21-5-3-4-6-23(21)28-16-18(26)15-25-13-11-20(12-14-25)29-19-9-7-17(24)8-10-19/h3-10,18,20,26H,2,11-16H2,1H3. The first-order chi connectivity index (χ1) is 14.0. The van der Waals surface area contributed by atoms with Crippen LogP contribution < -0.4 is 9.47 Å². The molecule has 0 spiro atoms. The molecule has 1 unspecified atom stereocenters. The van der Waals surface area contributed by atoms with Crippen LogP contribution in [0.3, 0.4) is 0 Å². The van der Waals surface area contributed by atoms with Crippen LogP contribution in [-0.4, -0.2) is 54.2 Å². The number of ketones is 1. The highest BCUT2D eigenvalue weighted by atomic mass is 19.1. The van der Waals surface area contributed by atoms with Crippen molar-refractivity contribution in [1.29, 1.82) is 0 Å². The van der Waals surface area contributed by atoms with Gasteiger partial charge in [0.15, 0.2) is 5.78 Å². The summed E-state index contributed by atoms with van der Waals surface area (Å²) in [5.41, 5.74) is 0.556. The van der Waals surface area contributed by atoms with E-state index in [1.165, 1.54) is 12.1 Å². The number of benzene rings is 2. The highest BCUT2D eigenvalue weighted by Gasteiger charge is 2.22. The topological polar surface area (TPSA) is 59.0 Å². The number of aliphatic hydroxyl groups is 1. The van der Waals surface area contributed by atoms with Gasteiger partial charge >= 0.3 is 0 Å². The van der Waals surface area contributed by atoms with Crippen LogP contribution in [0.25, 0.3) is 0 Å². The smallest absolute Gasteiger partial charge is 0.166 e. The van der Waals surface area contributed by atoms with Crippen molar-refractivity contribution < 1.29 is 23.8 Å². The zero-order valence-corrected chi connectivity index (χ0v) is 16.7. The van der Waals surface area contributed by atoms with Gasteiger partial charge in [-0.15, -0.1) is 0 Å².